The predicted octanol–water partition coefficient (Wildman–Crippen LogP) is 1.63. The summed E-state index contributed by atoms with van der Waals surface area (Å²) in [5.74, 6) is 0.226. The van der Waals surface area contributed by atoms with Crippen LogP contribution in [0.4, 0.5) is 11.5 Å². The van der Waals surface area contributed by atoms with E-state index in [9.17, 15) is 10.1 Å². The van der Waals surface area contributed by atoms with Crippen molar-refractivity contribution in [3.63, 3.8) is 0 Å². The van der Waals surface area contributed by atoms with Gasteiger partial charge in [0, 0.05) is 17.8 Å². The average Bonchev–Trinajstić information content (AvgIpc) is 2.29. The molecule has 0 unspecified atom stereocenters. The van der Waals surface area contributed by atoms with E-state index in [4.69, 9.17) is 5.73 Å². The van der Waals surface area contributed by atoms with Crippen LogP contribution in [0, 0.1) is 10.1 Å². The first-order chi connectivity index (χ1) is 7.70. The van der Waals surface area contributed by atoms with E-state index in [-0.39, 0.29) is 11.5 Å². The van der Waals surface area contributed by atoms with Crippen LogP contribution in [-0.2, 0) is 0 Å². The number of nitrogens with zero attached hydrogens (tertiary/aromatic N) is 3. The Bertz CT molecular complexity index is 542. The number of rotatable bonds is 2. The molecular formula is C10H8N4O2. The Kier molecular flexibility index (Phi) is 2.47. The largest absolute Gasteiger partial charge is 0.383 e. The molecule has 0 saturated heterocycles. The van der Waals surface area contributed by atoms with Crippen molar-refractivity contribution in [3.8, 4) is 11.1 Å². The maximum Gasteiger partial charge on any atom is 0.277 e. The number of benzene rings is 1. The van der Waals surface area contributed by atoms with E-state index in [2.05, 4.69) is 9.97 Å². The molecule has 1 aromatic carbocycles. The highest BCUT2D eigenvalue weighted by molar-refractivity contribution is 5.79. The lowest BCUT2D eigenvalue weighted by Crippen LogP contribution is -1.97. The molecule has 0 amide bonds. The zero-order chi connectivity index (χ0) is 11.5. The Morgan fingerprint density at radius 3 is 2.69 bits per heavy atom. The summed E-state index contributed by atoms with van der Waals surface area (Å²) in [6.45, 7) is 0. The van der Waals surface area contributed by atoms with Crippen LogP contribution in [0.2, 0.25) is 0 Å². The van der Waals surface area contributed by atoms with Crippen LogP contribution in [0.3, 0.4) is 0 Å². The lowest BCUT2D eigenvalue weighted by Gasteiger charge is -2.04. The normalized spacial score (nSPS) is 10.0. The van der Waals surface area contributed by atoms with Crippen LogP contribution in [0.5, 0.6) is 0 Å². The molecule has 0 spiro atoms. The first kappa shape index (κ1) is 10.0. The summed E-state index contributed by atoms with van der Waals surface area (Å²) < 4.78 is 0. The molecule has 0 radical (unpaired) electrons. The van der Waals surface area contributed by atoms with Gasteiger partial charge >= 0.3 is 0 Å². The molecular weight excluding hydrogens is 208 g/mol. The van der Waals surface area contributed by atoms with Gasteiger partial charge in [-0.15, -0.1) is 0 Å². The monoisotopic (exact) mass is 216 g/mol. The van der Waals surface area contributed by atoms with Gasteiger partial charge in [-0.25, -0.2) is 9.97 Å². The van der Waals surface area contributed by atoms with Gasteiger partial charge in [-0.3, -0.25) is 10.1 Å². The fraction of sp³-hybridized carbons (Fsp3) is 0. The van der Waals surface area contributed by atoms with Gasteiger partial charge in [0.2, 0.25) is 0 Å². The average molecular weight is 216 g/mol. The number of nitrogen functional groups attached to an aromatic ring is 1. The summed E-state index contributed by atoms with van der Waals surface area (Å²) >= 11 is 0. The third-order valence-corrected chi connectivity index (χ3v) is 2.13. The van der Waals surface area contributed by atoms with Crippen molar-refractivity contribution < 1.29 is 4.92 Å². The van der Waals surface area contributed by atoms with Gasteiger partial charge in [0.25, 0.3) is 5.69 Å². The van der Waals surface area contributed by atoms with Crippen molar-refractivity contribution in [2.75, 3.05) is 5.73 Å². The molecule has 0 aliphatic rings. The van der Waals surface area contributed by atoms with Gasteiger partial charge < -0.3 is 5.73 Å². The van der Waals surface area contributed by atoms with Crippen LogP contribution < -0.4 is 5.73 Å². The second kappa shape index (κ2) is 3.93. The van der Waals surface area contributed by atoms with Gasteiger partial charge in [-0.2, -0.15) is 0 Å². The minimum absolute atomic E-state index is 0.0102. The fourth-order valence-electron chi connectivity index (χ4n) is 1.41. The van der Waals surface area contributed by atoms with Crippen molar-refractivity contribution >= 4 is 11.5 Å². The van der Waals surface area contributed by atoms with Crippen molar-refractivity contribution in [1.29, 1.82) is 0 Å². The number of nitro groups is 1. The second-order valence-electron chi connectivity index (χ2n) is 3.10. The molecule has 0 saturated carbocycles. The summed E-state index contributed by atoms with van der Waals surface area (Å²) in [7, 11) is 0. The number of nitro benzene ring substituents is 1. The maximum absolute atomic E-state index is 10.8. The van der Waals surface area contributed by atoms with Crippen LogP contribution in [0.15, 0.2) is 36.8 Å². The fourth-order valence-corrected chi connectivity index (χ4v) is 1.41. The van der Waals surface area contributed by atoms with Crippen LogP contribution in [0.25, 0.3) is 11.1 Å². The standard InChI is InChI=1S/C10H8N4O2/c11-10-8(5-12-6-13-10)7-3-1-2-4-9(7)14(15)16/h1-6H,(H2,11,12,13). The van der Waals surface area contributed by atoms with E-state index in [1.165, 1.54) is 18.6 Å². The van der Waals surface area contributed by atoms with Gasteiger partial charge in [0.05, 0.1) is 10.5 Å². The van der Waals surface area contributed by atoms with Crippen LogP contribution in [-0.4, -0.2) is 14.9 Å². The Hall–Kier alpha value is -2.50. The van der Waals surface area contributed by atoms with Crippen molar-refractivity contribution in [3.05, 3.63) is 46.9 Å². The van der Waals surface area contributed by atoms with E-state index in [0.29, 0.717) is 11.1 Å². The van der Waals surface area contributed by atoms with E-state index in [0.717, 1.165) is 0 Å². The number of anilines is 1. The van der Waals surface area contributed by atoms with Crippen LogP contribution in [0.1, 0.15) is 0 Å². The molecule has 0 aliphatic carbocycles. The van der Waals surface area contributed by atoms with Crippen molar-refractivity contribution in [2.45, 2.75) is 0 Å². The first-order valence-electron chi connectivity index (χ1n) is 4.49. The Morgan fingerprint density at radius 1 is 1.25 bits per heavy atom. The van der Waals surface area contributed by atoms with Crippen LogP contribution >= 0.6 is 0 Å². The third-order valence-electron chi connectivity index (χ3n) is 2.13. The quantitative estimate of drug-likeness (QED) is 0.608. The number of aromatic nitrogens is 2. The second-order valence-corrected chi connectivity index (χ2v) is 3.10. The zero-order valence-electron chi connectivity index (χ0n) is 8.20. The zero-order valence-corrected chi connectivity index (χ0v) is 8.20. The number of nitrogens with two attached hydrogens (primary N) is 1. The molecule has 0 fully saturated rings. The molecule has 2 aromatic rings. The van der Waals surface area contributed by atoms with E-state index < -0.39 is 4.92 Å². The Balaban J connectivity index is 2.65. The Labute approximate surface area is 90.9 Å². The van der Waals surface area contributed by atoms with Gasteiger partial charge in [-0.1, -0.05) is 12.1 Å². The summed E-state index contributed by atoms with van der Waals surface area (Å²) in [5, 5.41) is 10.8. The molecule has 1 aromatic heterocycles. The molecule has 1 heterocycles. The smallest absolute Gasteiger partial charge is 0.277 e. The molecule has 6 heteroatoms. The maximum atomic E-state index is 10.8. The van der Waals surface area contributed by atoms with E-state index in [1.807, 2.05) is 0 Å². The van der Waals surface area contributed by atoms with Crippen molar-refractivity contribution in [2.24, 2.45) is 0 Å². The number of hydrogen-bond acceptors (Lipinski definition) is 5. The first-order valence-corrected chi connectivity index (χ1v) is 4.49. The number of para-hydroxylation sites is 1. The van der Waals surface area contributed by atoms with Gasteiger partial charge in [0.1, 0.15) is 12.1 Å². The Morgan fingerprint density at radius 2 is 2.00 bits per heavy atom. The lowest BCUT2D eigenvalue weighted by molar-refractivity contribution is -0.384. The van der Waals surface area contributed by atoms with Gasteiger partial charge in [-0.05, 0) is 6.07 Å². The minimum atomic E-state index is -0.457. The molecule has 0 bridgehead atoms. The SMILES string of the molecule is Nc1ncncc1-c1ccccc1[N+](=O)[O-]. The molecule has 16 heavy (non-hydrogen) atoms. The third kappa shape index (κ3) is 1.68. The summed E-state index contributed by atoms with van der Waals surface area (Å²) in [6.07, 6.45) is 2.76. The summed E-state index contributed by atoms with van der Waals surface area (Å²) in [5.41, 5.74) is 6.53. The highest BCUT2D eigenvalue weighted by Gasteiger charge is 2.16. The minimum Gasteiger partial charge on any atom is -0.383 e. The van der Waals surface area contributed by atoms with Crippen molar-refractivity contribution in [1.82, 2.24) is 9.97 Å². The molecule has 0 atom stereocenters. The predicted molar refractivity (Wildman–Crippen MR) is 58.5 cm³/mol. The molecule has 0 aliphatic heterocycles. The highest BCUT2D eigenvalue weighted by Crippen LogP contribution is 2.31. The van der Waals surface area contributed by atoms with E-state index >= 15 is 0 Å². The topological polar surface area (TPSA) is 94.9 Å². The summed E-state index contributed by atoms with van der Waals surface area (Å²) in [6, 6.07) is 6.34. The highest BCUT2D eigenvalue weighted by atomic mass is 16.6. The van der Waals surface area contributed by atoms with Gasteiger partial charge in [0.15, 0.2) is 0 Å². The summed E-state index contributed by atoms with van der Waals surface area (Å²) in [4.78, 5) is 18.0. The molecule has 2 rings (SSSR count). The number of hydrogen-bond donors (Lipinski definition) is 1. The lowest BCUT2D eigenvalue weighted by atomic mass is 10.1. The molecule has 2 N–H and O–H groups in total. The molecule has 80 valence electrons. The van der Waals surface area contributed by atoms with E-state index in [1.54, 1.807) is 18.2 Å². The molecule has 6 nitrogen and oxygen atoms in total.